The summed E-state index contributed by atoms with van der Waals surface area (Å²) < 4.78 is 11.1. The highest BCUT2D eigenvalue weighted by Crippen LogP contribution is 2.28. The van der Waals surface area contributed by atoms with Crippen molar-refractivity contribution in [1.29, 1.82) is 0 Å². The van der Waals surface area contributed by atoms with E-state index in [1.54, 1.807) is 31.0 Å². The van der Waals surface area contributed by atoms with Crippen molar-refractivity contribution in [2.75, 3.05) is 19.4 Å². The summed E-state index contributed by atoms with van der Waals surface area (Å²) in [5.41, 5.74) is 0.920. The summed E-state index contributed by atoms with van der Waals surface area (Å²) in [7, 11) is 1.58. The maximum Gasteiger partial charge on any atom is 0.261 e. The number of hydrogen-bond donors (Lipinski definition) is 1. The maximum atomic E-state index is 12.4. The molecule has 7 heteroatoms. The number of methoxy groups -OCH3 is 1. The second-order valence-corrected chi connectivity index (χ2v) is 7.63. The van der Waals surface area contributed by atoms with Gasteiger partial charge in [0, 0.05) is 28.1 Å². The molecule has 0 radical (unpaired) electrons. The van der Waals surface area contributed by atoms with Crippen LogP contribution in [0.3, 0.4) is 0 Å². The van der Waals surface area contributed by atoms with Gasteiger partial charge in [0.15, 0.2) is 17.6 Å². The van der Waals surface area contributed by atoms with Gasteiger partial charge in [0.1, 0.15) is 0 Å². The van der Waals surface area contributed by atoms with Crippen molar-refractivity contribution in [3.8, 4) is 11.5 Å². The summed E-state index contributed by atoms with van der Waals surface area (Å²) in [5, 5.41) is 4.24. The molecule has 1 atom stereocenters. The van der Waals surface area contributed by atoms with Gasteiger partial charge in [0.05, 0.1) is 7.11 Å². The van der Waals surface area contributed by atoms with Crippen LogP contribution in [0.2, 0.25) is 10.0 Å². The molecule has 2 aromatic carbocycles. The fourth-order valence-corrected chi connectivity index (χ4v) is 3.99. The minimum Gasteiger partial charge on any atom is -0.493 e. The molecule has 2 aromatic rings. The number of carbonyl (C=O) groups excluding carboxylic acids is 1. The van der Waals surface area contributed by atoms with Crippen molar-refractivity contribution in [1.82, 2.24) is 5.32 Å². The number of halogens is 2. The minimum absolute atomic E-state index is 0.139. The van der Waals surface area contributed by atoms with E-state index >= 15 is 0 Å². The average Bonchev–Trinajstić information content (AvgIpc) is 2.67. The Hall–Kier alpha value is -1.56. The Morgan fingerprint density at radius 1 is 1.11 bits per heavy atom. The van der Waals surface area contributed by atoms with Gasteiger partial charge < -0.3 is 14.8 Å². The first-order valence-electron chi connectivity index (χ1n) is 8.64. The Labute approximate surface area is 174 Å². The Balaban J connectivity index is 1.78. The van der Waals surface area contributed by atoms with Crippen LogP contribution in [0.25, 0.3) is 0 Å². The molecule has 0 spiro atoms. The molecule has 0 saturated heterocycles. The number of carbonyl (C=O) groups is 1. The number of nitrogens with one attached hydrogen (secondary N) is 1. The van der Waals surface area contributed by atoms with E-state index in [4.69, 9.17) is 32.7 Å². The predicted molar refractivity (Wildman–Crippen MR) is 113 cm³/mol. The highest BCUT2D eigenvalue weighted by atomic mass is 35.5. The SMILES string of the molecule is CC[C@@H](Oc1ccccc1OC)C(=O)NCCSCc1c(Cl)cccc1Cl. The van der Waals surface area contributed by atoms with Crippen LogP contribution in [-0.2, 0) is 10.5 Å². The van der Waals surface area contributed by atoms with Crippen LogP contribution in [0, 0.1) is 0 Å². The number of rotatable bonds is 10. The average molecular weight is 428 g/mol. The number of thioether (sulfide) groups is 1. The third-order valence-electron chi connectivity index (χ3n) is 3.86. The molecule has 0 fully saturated rings. The van der Waals surface area contributed by atoms with Crippen molar-refractivity contribution in [2.24, 2.45) is 0 Å². The monoisotopic (exact) mass is 427 g/mol. The van der Waals surface area contributed by atoms with Crippen LogP contribution in [0.15, 0.2) is 42.5 Å². The molecule has 27 heavy (non-hydrogen) atoms. The van der Waals surface area contributed by atoms with Crippen molar-refractivity contribution in [3.63, 3.8) is 0 Å². The molecule has 2 rings (SSSR count). The van der Waals surface area contributed by atoms with Gasteiger partial charge in [-0.15, -0.1) is 0 Å². The van der Waals surface area contributed by atoms with Crippen molar-refractivity contribution in [2.45, 2.75) is 25.2 Å². The zero-order valence-corrected chi connectivity index (χ0v) is 17.7. The second-order valence-electron chi connectivity index (χ2n) is 5.71. The van der Waals surface area contributed by atoms with E-state index in [2.05, 4.69) is 5.32 Å². The molecule has 1 amide bonds. The Morgan fingerprint density at radius 2 is 1.78 bits per heavy atom. The first-order valence-corrected chi connectivity index (χ1v) is 10.6. The van der Waals surface area contributed by atoms with E-state index in [0.717, 1.165) is 11.3 Å². The van der Waals surface area contributed by atoms with Gasteiger partial charge in [-0.25, -0.2) is 0 Å². The number of amides is 1. The molecular formula is C20H23Cl2NO3S. The fraction of sp³-hybridized carbons (Fsp3) is 0.350. The predicted octanol–water partition coefficient (Wildman–Crippen LogP) is 5.21. The Bertz CT molecular complexity index is 738. The van der Waals surface area contributed by atoms with Gasteiger partial charge in [-0.05, 0) is 36.2 Å². The lowest BCUT2D eigenvalue weighted by molar-refractivity contribution is -0.128. The number of ether oxygens (including phenoxy) is 2. The van der Waals surface area contributed by atoms with Crippen molar-refractivity contribution >= 4 is 40.9 Å². The smallest absolute Gasteiger partial charge is 0.261 e. The molecule has 0 bridgehead atoms. The zero-order valence-electron chi connectivity index (χ0n) is 15.3. The summed E-state index contributed by atoms with van der Waals surface area (Å²) in [6.45, 7) is 2.45. The lowest BCUT2D eigenvalue weighted by Crippen LogP contribution is -2.39. The van der Waals surface area contributed by atoms with Gasteiger partial charge in [-0.1, -0.05) is 48.3 Å². The molecule has 1 N–H and O–H groups in total. The standard InChI is InChI=1S/C20H23Cl2NO3S/c1-3-17(26-19-10-5-4-9-18(19)25-2)20(24)23-11-12-27-13-14-15(21)7-6-8-16(14)22/h4-10,17H,3,11-13H2,1-2H3,(H,23,24)/t17-/m1/s1. The zero-order chi connectivity index (χ0) is 19.6. The van der Waals surface area contributed by atoms with Crippen LogP contribution in [0.1, 0.15) is 18.9 Å². The highest BCUT2D eigenvalue weighted by molar-refractivity contribution is 7.98. The van der Waals surface area contributed by atoms with Crippen molar-refractivity contribution < 1.29 is 14.3 Å². The van der Waals surface area contributed by atoms with Crippen molar-refractivity contribution in [3.05, 3.63) is 58.1 Å². The third kappa shape index (κ3) is 6.52. The topological polar surface area (TPSA) is 47.6 Å². The van der Waals surface area contributed by atoms with Crippen LogP contribution in [-0.4, -0.2) is 31.4 Å². The lowest BCUT2D eigenvalue weighted by Gasteiger charge is -2.18. The molecular weight excluding hydrogens is 405 g/mol. The van der Waals surface area contributed by atoms with Crippen LogP contribution < -0.4 is 14.8 Å². The third-order valence-corrected chi connectivity index (χ3v) is 5.55. The highest BCUT2D eigenvalue weighted by Gasteiger charge is 2.19. The quantitative estimate of drug-likeness (QED) is 0.528. The van der Waals surface area contributed by atoms with E-state index in [9.17, 15) is 4.79 Å². The second kappa shape index (κ2) is 11.3. The van der Waals surface area contributed by atoms with Gasteiger partial charge >= 0.3 is 0 Å². The van der Waals surface area contributed by atoms with Gasteiger partial charge in [-0.2, -0.15) is 11.8 Å². The molecule has 146 valence electrons. The number of benzene rings is 2. The summed E-state index contributed by atoms with van der Waals surface area (Å²) >= 11 is 14.0. The van der Waals surface area contributed by atoms with E-state index in [1.165, 1.54) is 0 Å². The molecule has 0 aliphatic heterocycles. The van der Waals surface area contributed by atoms with E-state index in [-0.39, 0.29) is 5.91 Å². The summed E-state index contributed by atoms with van der Waals surface area (Å²) in [4.78, 5) is 12.4. The summed E-state index contributed by atoms with van der Waals surface area (Å²) in [6.07, 6.45) is -0.00369. The van der Waals surface area contributed by atoms with Crippen LogP contribution in [0.4, 0.5) is 0 Å². The molecule has 0 heterocycles. The summed E-state index contributed by atoms with van der Waals surface area (Å²) in [6, 6.07) is 12.8. The van der Waals surface area contributed by atoms with Crippen LogP contribution >= 0.6 is 35.0 Å². The van der Waals surface area contributed by atoms with E-state index in [0.29, 0.717) is 40.3 Å². The first-order chi connectivity index (χ1) is 13.1. The van der Waals surface area contributed by atoms with E-state index in [1.807, 2.05) is 37.3 Å². The molecule has 0 aromatic heterocycles. The maximum absolute atomic E-state index is 12.4. The Kier molecular flexibility index (Phi) is 9.11. The molecule has 0 unspecified atom stereocenters. The van der Waals surface area contributed by atoms with Gasteiger partial charge in [0.25, 0.3) is 5.91 Å². The normalized spacial score (nSPS) is 11.7. The largest absolute Gasteiger partial charge is 0.493 e. The van der Waals surface area contributed by atoms with Gasteiger partial charge in [0.2, 0.25) is 0 Å². The Morgan fingerprint density at radius 3 is 2.41 bits per heavy atom. The molecule has 0 aliphatic carbocycles. The van der Waals surface area contributed by atoms with E-state index < -0.39 is 6.10 Å². The first kappa shape index (κ1) is 21.7. The minimum atomic E-state index is -0.565. The molecule has 4 nitrogen and oxygen atoms in total. The number of para-hydroxylation sites is 2. The molecule has 0 aliphatic rings. The van der Waals surface area contributed by atoms with Gasteiger partial charge in [-0.3, -0.25) is 4.79 Å². The molecule has 0 saturated carbocycles. The number of hydrogen-bond acceptors (Lipinski definition) is 4. The summed E-state index contributed by atoms with van der Waals surface area (Å²) in [5.74, 6) is 2.47. The van der Waals surface area contributed by atoms with Crippen LogP contribution in [0.5, 0.6) is 11.5 Å². The fourth-order valence-electron chi connectivity index (χ4n) is 2.40. The lowest BCUT2D eigenvalue weighted by atomic mass is 10.2.